The molecule has 0 heterocycles. The summed E-state index contributed by atoms with van der Waals surface area (Å²) in [5, 5.41) is 2.99. The Balaban J connectivity index is 2.78. The van der Waals surface area contributed by atoms with Crippen molar-refractivity contribution >= 4 is 17.3 Å². The highest BCUT2D eigenvalue weighted by molar-refractivity contribution is 6.00. The molecule has 0 saturated heterocycles. The fraction of sp³-hybridized carbons (Fsp3) is 0.562. The van der Waals surface area contributed by atoms with Gasteiger partial charge in [-0.15, -0.1) is 0 Å². The summed E-state index contributed by atoms with van der Waals surface area (Å²) in [7, 11) is 5.50. The van der Waals surface area contributed by atoms with Crippen molar-refractivity contribution in [1.82, 2.24) is 5.32 Å². The first-order chi connectivity index (χ1) is 9.76. The van der Waals surface area contributed by atoms with Crippen molar-refractivity contribution in [3.63, 3.8) is 0 Å². The van der Waals surface area contributed by atoms with E-state index < -0.39 is 0 Å². The smallest absolute Gasteiger partial charge is 0.253 e. The maximum atomic E-state index is 12.4. The normalized spacial score (nSPS) is 11.3. The Morgan fingerprint density at radius 3 is 2.62 bits per heavy atom. The van der Waals surface area contributed by atoms with Crippen LogP contribution >= 0.6 is 0 Å². The highest BCUT2D eigenvalue weighted by Crippen LogP contribution is 2.23. The van der Waals surface area contributed by atoms with E-state index in [0.29, 0.717) is 24.4 Å². The molecule has 0 fully saturated rings. The molecule has 0 aliphatic rings. The maximum Gasteiger partial charge on any atom is 0.253 e. The van der Waals surface area contributed by atoms with E-state index in [-0.39, 0.29) is 11.3 Å². The Labute approximate surface area is 127 Å². The van der Waals surface area contributed by atoms with E-state index in [1.54, 1.807) is 19.2 Å². The number of nitrogens with zero attached hydrogens (tertiary/aromatic N) is 1. The van der Waals surface area contributed by atoms with Gasteiger partial charge in [0.1, 0.15) is 0 Å². The molecule has 1 aromatic rings. The molecule has 21 heavy (non-hydrogen) atoms. The molecule has 5 nitrogen and oxygen atoms in total. The maximum absolute atomic E-state index is 12.4. The number of ether oxygens (including phenoxy) is 1. The third-order valence-electron chi connectivity index (χ3n) is 3.46. The van der Waals surface area contributed by atoms with E-state index in [9.17, 15) is 4.79 Å². The monoisotopic (exact) mass is 293 g/mol. The summed E-state index contributed by atoms with van der Waals surface area (Å²) in [4.78, 5) is 14.3. The minimum absolute atomic E-state index is 0.00965. The highest BCUT2D eigenvalue weighted by Gasteiger charge is 2.20. The molecule has 0 saturated carbocycles. The molecule has 0 unspecified atom stereocenters. The zero-order valence-electron chi connectivity index (χ0n) is 13.7. The minimum atomic E-state index is -0.100. The van der Waals surface area contributed by atoms with Gasteiger partial charge in [-0.1, -0.05) is 13.8 Å². The lowest BCUT2D eigenvalue weighted by Crippen LogP contribution is -2.35. The van der Waals surface area contributed by atoms with E-state index in [4.69, 9.17) is 10.5 Å². The Bertz CT molecular complexity index is 484. The van der Waals surface area contributed by atoms with Crippen LogP contribution in [0.2, 0.25) is 0 Å². The second-order valence-electron chi connectivity index (χ2n) is 6.26. The summed E-state index contributed by atoms with van der Waals surface area (Å²) >= 11 is 0. The summed E-state index contributed by atoms with van der Waals surface area (Å²) in [6.45, 7) is 5.50. The molecular weight excluding hydrogens is 266 g/mol. The minimum Gasteiger partial charge on any atom is -0.399 e. The molecular formula is C16H27N3O2. The Hall–Kier alpha value is -1.75. The molecule has 0 radical (unpaired) electrons. The molecule has 0 aromatic heterocycles. The second kappa shape index (κ2) is 7.31. The lowest BCUT2D eigenvalue weighted by Gasteiger charge is -2.25. The van der Waals surface area contributed by atoms with Crippen LogP contribution in [0.25, 0.3) is 0 Å². The second-order valence-corrected chi connectivity index (χ2v) is 6.26. The van der Waals surface area contributed by atoms with E-state index in [2.05, 4.69) is 19.2 Å². The number of anilines is 2. The molecule has 0 spiro atoms. The number of methoxy groups -OCH3 is 1. The van der Waals surface area contributed by atoms with Gasteiger partial charge in [0, 0.05) is 45.7 Å². The van der Waals surface area contributed by atoms with Gasteiger partial charge < -0.3 is 20.7 Å². The highest BCUT2D eigenvalue weighted by atomic mass is 16.5. The van der Waals surface area contributed by atoms with Crippen molar-refractivity contribution in [2.24, 2.45) is 5.41 Å². The van der Waals surface area contributed by atoms with Gasteiger partial charge in [-0.3, -0.25) is 4.79 Å². The first-order valence-corrected chi connectivity index (χ1v) is 7.11. The predicted molar refractivity (Wildman–Crippen MR) is 87.8 cm³/mol. The molecule has 0 aliphatic carbocycles. The van der Waals surface area contributed by atoms with Crippen LogP contribution in [0.5, 0.6) is 0 Å². The van der Waals surface area contributed by atoms with Gasteiger partial charge in [-0.05, 0) is 30.0 Å². The summed E-state index contributed by atoms with van der Waals surface area (Å²) in [5.74, 6) is -0.100. The van der Waals surface area contributed by atoms with E-state index in [0.717, 1.165) is 12.1 Å². The number of nitrogen functional groups attached to an aromatic ring is 1. The third-order valence-corrected chi connectivity index (χ3v) is 3.46. The van der Waals surface area contributed by atoms with Crippen LogP contribution in [0, 0.1) is 5.41 Å². The lowest BCUT2D eigenvalue weighted by atomic mass is 9.89. The number of benzene rings is 1. The van der Waals surface area contributed by atoms with Crippen molar-refractivity contribution in [2.75, 3.05) is 45.0 Å². The zero-order valence-corrected chi connectivity index (χ0v) is 13.7. The van der Waals surface area contributed by atoms with Gasteiger partial charge >= 0.3 is 0 Å². The van der Waals surface area contributed by atoms with Gasteiger partial charge in [-0.25, -0.2) is 0 Å². The molecule has 118 valence electrons. The average molecular weight is 293 g/mol. The number of carbonyl (C=O) groups is 1. The quantitative estimate of drug-likeness (QED) is 0.756. The number of rotatable bonds is 7. The van der Waals surface area contributed by atoms with Gasteiger partial charge in [0.25, 0.3) is 5.91 Å². The Morgan fingerprint density at radius 1 is 1.38 bits per heavy atom. The number of carbonyl (C=O) groups excluding carboxylic acids is 1. The first kappa shape index (κ1) is 17.3. The van der Waals surface area contributed by atoms with E-state index in [1.807, 2.05) is 25.1 Å². The lowest BCUT2D eigenvalue weighted by molar-refractivity contribution is 0.0921. The van der Waals surface area contributed by atoms with Gasteiger partial charge in [-0.2, -0.15) is 0 Å². The number of amides is 1. The van der Waals surface area contributed by atoms with E-state index >= 15 is 0 Å². The molecule has 1 aromatic carbocycles. The topological polar surface area (TPSA) is 67.6 Å². The SMILES string of the molecule is COCCC(C)(C)CNC(=O)c1cc(N)ccc1N(C)C. The average Bonchev–Trinajstić information content (AvgIpc) is 2.42. The first-order valence-electron chi connectivity index (χ1n) is 7.11. The molecule has 1 rings (SSSR count). The Kier molecular flexibility index (Phi) is 6.03. The number of hydrogen-bond acceptors (Lipinski definition) is 4. The summed E-state index contributed by atoms with van der Waals surface area (Å²) < 4.78 is 5.10. The van der Waals surface area contributed by atoms with Crippen LogP contribution in [0.1, 0.15) is 30.6 Å². The largest absolute Gasteiger partial charge is 0.399 e. The van der Waals surface area contributed by atoms with Crippen molar-refractivity contribution in [3.8, 4) is 0 Å². The number of nitrogens with one attached hydrogen (secondary N) is 1. The van der Waals surface area contributed by atoms with Crippen molar-refractivity contribution in [3.05, 3.63) is 23.8 Å². The van der Waals surface area contributed by atoms with Gasteiger partial charge in [0.15, 0.2) is 0 Å². The van der Waals surface area contributed by atoms with Gasteiger partial charge in [0.2, 0.25) is 0 Å². The summed E-state index contributed by atoms with van der Waals surface area (Å²) in [5.41, 5.74) is 7.83. The predicted octanol–water partition coefficient (Wildman–Crippen LogP) is 2.13. The van der Waals surface area contributed by atoms with E-state index in [1.165, 1.54) is 0 Å². The van der Waals surface area contributed by atoms with Crippen LogP contribution in [-0.2, 0) is 4.74 Å². The molecule has 0 aliphatic heterocycles. The standard InChI is InChI=1S/C16H27N3O2/c1-16(2,8-9-21-5)11-18-15(20)13-10-12(17)6-7-14(13)19(3)4/h6-7,10H,8-9,11,17H2,1-5H3,(H,18,20). The fourth-order valence-corrected chi connectivity index (χ4v) is 2.01. The zero-order chi connectivity index (χ0) is 16.0. The van der Waals surface area contributed by atoms with Crippen molar-refractivity contribution in [2.45, 2.75) is 20.3 Å². The van der Waals surface area contributed by atoms with Crippen LogP contribution in [0.4, 0.5) is 11.4 Å². The summed E-state index contributed by atoms with van der Waals surface area (Å²) in [6, 6.07) is 5.38. The summed E-state index contributed by atoms with van der Waals surface area (Å²) in [6.07, 6.45) is 0.890. The van der Waals surface area contributed by atoms with Crippen molar-refractivity contribution < 1.29 is 9.53 Å². The van der Waals surface area contributed by atoms with Crippen molar-refractivity contribution in [1.29, 1.82) is 0 Å². The molecule has 1 amide bonds. The fourth-order valence-electron chi connectivity index (χ4n) is 2.01. The van der Waals surface area contributed by atoms with Crippen LogP contribution in [0.3, 0.4) is 0 Å². The molecule has 0 bridgehead atoms. The van der Waals surface area contributed by atoms with Gasteiger partial charge in [0.05, 0.1) is 5.56 Å². The van der Waals surface area contributed by atoms with Crippen LogP contribution < -0.4 is 16.0 Å². The molecule has 0 atom stereocenters. The molecule has 5 heteroatoms. The molecule has 3 N–H and O–H groups in total. The Morgan fingerprint density at radius 2 is 2.05 bits per heavy atom. The number of nitrogens with two attached hydrogens (primary N) is 1. The third kappa shape index (κ3) is 5.27. The number of hydrogen-bond donors (Lipinski definition) is 2. The van der Waals surface area contributed by atoms with Crippen LogP contribution in [0.15, 0.2) is 18.2 Å². The van der Waals surface area contributed by atoms with Crippen LogP contribution in [-0.4, -0.2) is 40.3 Å².